The molecule has 1 aromatic carbocycles. The minimum atomic E-state index is -0.0853. The molecule has 136 valence electrons. The van der Waals surface area contributed by atoms with Crippen molar-refractivity contribution in [3.63, 3.8) is 0 Å². The summed E-state index contributed by atoms with van der Waals surface area (Å²) in [5, 5.41) is 0. The van der Waals surface area contributed by atoms with Crippen molar-refractivity contribution in [2.24, 2.45) is 5.41 Å². The van der Waals surface area contributed by atoms with Crippen molar-refractivity contribution in [3.05, 3.63) is 29.8 Å². The van der Waals surface area contributed by atoms with Crippen molar-refractivity contribution >= 4 is 11.6 Å². The normalized spacial score (nSPS) is 39.0. The van der Waals surface area contributed by atoms with Crippen molar-refractivity contribution in [2.45, 2.75) is 43.2 Å². The summed E-state index contributed by atoms with van der Waals surface area (Å²) in [6, 6.07) is 4.61. The molecule has 4 heterocycles. The first-order chi connectivity index (χ1) is 12.6. The Balaban J connectivity index is 1.62. The topological polar surface area (TPSA) is 42.0 Å². The molecule has 4 aliphatic heterocycles. The number of piperidine rings is 2. The number of anilines is 1. The molecule has 0 N–H and O–H groups in total. The second kappa shape index (κ2) is 4.63. The highest BCUT2D eigenvalue weighted by molar-refractivity contribution is 6.01. The van der Waals surface area contributed by atoms with Gasteiger partial charge in [0.05, 0.1) is 25.4 Å². The van der Waals surface area contributed by atoms with Crippen LogP contribution in [-0.4, -0.2) is 49.7 Å². The first kappa shape index (κ1) is 15.1. The summed E-state index contributed by atoms with van der Waals surface area (Å²) < 4.78 is 11.1. The van der Waals surface area contributed by atoms with Crippen LogP contribution in [0.25, 0.3) is 0 Å². The van der Waals surface area contributed by atoms with Crippen LogP contribution in [0.15, 0.2) is 24.3 Å². The summed E-state index contributed by atoms with van der Waals surface area (Å²) in [5.74, 6) is 2.16. The smallest absolute Gasteiger partial charge is 0.228 e. The van der Waals surface area contributed by atoms with E-state index >= 15 is 0 Å². The van der Waals surface area contributed by atoms with Crippen LogP contribution in [0.2, 0.25) is 0 Å². The highest BCUT2D eigenvalue weighted by Crippen LogP contribution is 2.69. The van der Waals surface area contributed by atoms with Gasteiger partial charge < -0.3 is 14.4 Å². The Bertz CT molecular complexity index is 865. The molecule has 0 radical (unpaired) electrons. The molecule has 1 amide bonds. The van der Waals surface area contributed by atoms with Gasteiger partial charge in [-0.25, -0.2) is 0 Å². The van der Waals surface area contributed by atoms with E-state index < -0.39 is 0 Å². The minimum absolute atomic E-state index is 0.0424. The van der Waals surface area contributed by atoms with Crippen molar-refractivity contribution in [1.29, 1.82) is 0 Å². The maximum Gasteiger partial charge on any atom is 0.228 e. The quantitative estimate of drug-likeness (QED) is 0.768. The van der Waals surface area contributed by atoms with Gasteiger partial charge in [0.15, 0.2) is 11.5 Å². The average molecular weight is 352 g/mol. The Hall–Kier alpha value is -2.01. The van der Waals surface area contributed by atoms with Gasteiger partial charge in [0.1, 0.15) is 0 Å². The molecule has 3 fully saturated rings. The van der Waals surface area contributed by atoms with Crippen molar-refractivity contribution in [1.82, 2.24) is 4.90 Å². The van der Waals surface area contributed by atoms with Crippen LogP contribution in [0.3, 0.4) is 0 Å². The van der Waals surface area contributed by atoms with E-state index in [1.807, 2.05) is 6.07 Å². The molecule has 1 saturated carbocycles. The Labute approximate surface area is 153 Å². The number of amides is 1. The lowest BCUT2D eigenvalue weighted by Gasteiger charge is -2.59. The predicted molar refractivity (Wildman–Crippen MR) is 97.9 cm³/mol. The van der Waals surface area contributed by atoms with E-state index in [1.165, 1.54) is 5.56 Å². The second-order valence-corrected chi connectivity index (χ2v) is 8.54. The van der Waals surface area contributed by atoms with Crippen LogP contribution in [0.1, 0.15) is 37.2 Å². The molecule has 1 aliphatic carbocycles. The summed E-state index contributed by atoms with van der Waals surface area (Å²) in [6.07, 6.45) is 8.62. The molecule has 26 heavy (non-hydrogen) atoms. The molecule has 1 spiro atoms. The molecule has 0 unspecified atom stereocenters. The molecule has 1 aromatic rings. The van der Waals surface area contributed by atoms with Crippen LogP contribution >= 0.6 is 0 Å². The van der Waals surface area contributed by atoms with Crippen molar-refractivity contribution < 1.29 is 14.3 Å². The zero-order valence-electron chi connectivity index (χ0n) is 15.3. The average Bonchev–Trinajstić information content (AvgIpc) is 3.10. The third-order valence-corrected chi connectivity index (χ3v) is 7.77. The first-order valence-electron chi connectivity index (χ1n) is 9.65. The van der Waals surface area contributed by atoms with Gasteiger partial charge in [-0.15, -0.1) is 0 Å². The number of hydrogen-bond acceptors (Lipinski definition) is 4. The number of rotatable bonds is 2. The monoisotopic (exact) mass is 352 g/mol. The fraction of sp³-hybridized carbons (Fsp3) is 0.571. The summed E-state index contributed by atoms with van der Waals surface area (Å²) in [6.45, 7) is 2.13. The number of carbonyl (C=O) groups excluding carboxylic acids is 1. The SMILES string of the molecule is COc1cc2c(cc1OC)N1C(=O)C[C@@]34C=CCN5CC[C@H]2[C@@]1(CC3)[C@H]54. The van der Waals surface area contributed by atoms with Gasteiger partial charge in [-0.2, -0.15) is 0 Å². The van der Waals surface area contributed by atoms with Crippen LogP contribution < -0.4 is 14.4 Å². The lowest BCUT2D eigenvalue weighted by molar-refractivity contribution is -0.127. The fourth-order valence-corrected chi connectivity index (χ4v) is 7.08. The number of ether oxygens (including phenoxy) is 2. The number of nitrogens with zero attached hydrogens (tertiary/aromatic N) is 2. The molecule has 2 saturated heterocycles. The van der Waals surface area contributed by atoms with Crippen LogP contribution in [-0.2, 0) is 4.79 Å². The summed E-state index contributed by atoms with van der Waals surface area (Å²) in [4.78, 5) is 18.2. The third-order valence-electron chi connectivity index (χ3n) is 7.77. The van der Waals surface area contributed by atoms with Crippen LogP contribution in [0.5, 0.6) is 11.5 Å². The Morgan fingerprint density at radius 2 is 1.96 bits per heavy atom. The molecular weight excluding hydrogens is 328 g/mol. The second-order valence-electron chi connectivity index (χ2n) is 8.54. The number of methoxy groups -OCH3 is 2. The molecule has 5 heteroatoms. The van der Waals surface area contributed by atoms with E-state index in [2.05, 4.69) is 28.0 Å². The van der Waals surface area contributed by atoms with Gasteiger partial charge in [-0.3, -0.25) is 9.69 Å². The maximum absolute atomic E-state index is 13.4. The van der Waals surface area contributed by atoms with Crippen LogP contribution in [0, 0.1) is 5.41 Å². The lowest BCUT2D eigenvalue weighted by Crippen LogP contribution is -2.72. The Morgan fingerprint density at radius 3 is 2.77 bits per heavy atom. The largest absolute Gasteiger partial charge is 0.493 e. The Kier molecular flexibility index (Phi) is 2.69. The van der Waals surface area contributed by atoms with Gasteiger partial charge in [-0.1, -0.05) is 12.2 Å². The maximum atomic E-state index is 13.4. The van der Waals surface area contributed by atoms with E-state index in [0.29, 0.717) is 24.1 Å². The van der Waals surface area contributed by atoms with Crippen molar-refractivity contribution in [2.75, 3.05) is 32.2 Å². The fourth-order valence-electron chi connectivity index (χ4n) is 7.08. The number of carbonyl (C=O) groups is 1. The summed E-state index contributed by atoms with van der Waals surface area (Å²) >= 11 is 0. The molecule has 0 aromatic heterocycles. The highest BCUT2D eigenvalue weighted by Gasteiger charge is 2.73. The standard InChI is InChI=1S/C21H24N2O3/c1-25-16-10-13-14-4-9-22-8-3-5-20-6-7-21(14,19(20)22)23(18(24)12-20)15(13)11-17(16)26-2/h3,5,10-11,14,19H,4,6-9,12H2,1-2H3/t14-,19-,20-,21+/m1/s1. The summed E-state index contributed by atoms with van der Waals surface area (Å²) in [7, 11) is 3.35. The van der Waals surface area contributed by atoms with Gasteiger partial charge in [0.2, 0.25) is 5.91 Å². The lowest BCUT2D eigenvalue weighted by atomic mass is 9.63. The van der Waals surface area contributed by atoms with E-state index in [0.717, 1.165) is 43.8 Å². The minimum Gasteiger partial charge on any atom is -0.493 e. The molecular formula is C21H24N2O3. The van der Waals surface area contributed by atoms with Crippen molar-refractivity contribution in [3.8, 4) is 11.5 Å². The highest BCUT2D eigenvalue weighted by atomic mass is 16.5. The molecule has 4 atom stereocenters. The number of hydrogen-bond donors (Lipinski definition) is 0. The van der Waals surface area contributed by atoms with Gasteiger partial charge in [0, 0.05) is 36.4 Å². The van der Waals surface area contributed by atoms with Gasteiger partial charge in [-0.05, 0) is 37.4 Å². The third kappa shape index (κ3) is 1.44. The van der Waals surface area contributed by atoms with E-state index in [-0.39, 0.29) is 16.9 Å². The van der Waals surface area contributed by atoms with E-state index in [1.54, 1.807) is 14.2 Å². The molecule has 2 bridgehead atoms. The molecule has 6 rings (SSSR count). The number of fused-ring (bicyclic) bond motifs is 3. The number of benzene rings is 1. The molecule has 5 aliphatic rings. The molecule has 5 nitrogen and oxygen atoms in total. The predicted octanol–water partition coefficient (Wildman–Crippen LogP) is 2.70. The van der Waals surface area contributed by atoms with Gasteiger partial charge >= 0.3 is 0 Å². The zero-order chi connectivity index (χ0) is 17.7. The summed E-state index contributed by atoms with van der Waals surface area (Å²) in [5.41, 5.74) is 2.30. The zero-order valence-corrected chi connectivity index (χ0v) is 15.3. The Morgan fingerprint density at radius 1 is 1.15 bits per heavy atom. The van der Waals surface area contributed by atoms with Gasteiger partial charge in [0.25, 0.3) is 0 Å². The van der Waals surface area contributed by atoms with E-state index in [4.69, 9.17) is 9.47 Å². The first-order valence-corrected chi connectivity index (χ1v) is 9.65. The van der Waals surface area contributed by atoms with E-state index in [9.17, 15) is 4.79 Å². The van der Waals surface area contributed by atoms with Crippen LogP contribution in [0.4, 0.5) is 5.69 Å².